The Morgan fingerprint density at radius 1 is 1.25 bits per heavy atom. The van der Waals surface area contributed by atoms with Crippen LogP contribution >= 0.6 is 0 Å². The zero-order chi connectivity index (χ0) is 14.1. The van der Waals surface area contributed by atoms with Crippen molar-refractivity contribution >= 4 is 28.0 Å². The van der Waals surface area contributed by atoms with E-state index in [2.05, 4.69) is 59.3 Å². The van der Waals surface area contributed by atoms with Crippen LogP contribution in [0, 0.1) is 6.92 Å². The van der Waals surface area contributed by atoms with E-state index < -0.39 is 0 Å². The Labute approximate surface area is 118 Å². The van der Waals surface area contributed by atoms with Gasteiger partial charge in [-0.05, 0) is 43.7 Å². The molecule has 0 aliphatic carbocycles. The number of nitrogens with zero attached hydrogens (tertiary/aromatic N) is 2. The molecule has 0 unspecified atom stereocenters. The Bertz CT molecular complexity index is 745. The second-order valence-electron chi connectivity index (χ2n) is 4.95. The lowest BCUT2D eigenvalue weighted by molar-refractivity contribution is 1.02. The highest BCUT2D eigenvalue weighted by Crippen LogP contribution is 2.33. The van der Waals surface area contributed by atoms with Crippen LogP contribution in [0.15, 0.2) is 42.6 Å². The molecule has 4 nitrogen and oxygen atoms in total. The highest BCUT2D eigenvalue weighted by atomic mass is 15.1. The van der Waals surface area contributed by atoms with E-state index >= 15 is 0 Å². The van der Waals surface area contributed by atoms with Crippen molar-refractivity contribution in [2.24, 2.45) is 0 Å². The summed E-state index contributed by atoms with van der Waals surface area (Å²) in [4.78, 5) is 2.21. The minimum absolute atomic E-state index is 0.766. The minimum Gasteiger partial charge on any atom is -0.397 e. The number of nitrogens with one attached hydrogen (secondary N) is 1. The molecule has 0 amide bonds. The number of H-pyrrole nitrogens is 1. The maximum absolute atomic E-state index is 6.21. The average Bonchev–Trinajstić information content (AvgIpc) is 2.87. The summed E-state index contributed by atoms with van der Waals surface area (Å²) >= 11 is 0. The summed E-state index contributed by atoms with van der Waals surface area (Å²) in [6, 6.07) is 12.5. The van der Waals surface area contributed by atoms with Crippen LogP contribution < -0.4 is 10.6 Å². The number of rotatable bonds is 3. The molecule has 0 bridgehead atoms. The third-order valence-electron chi connectivity index (χ3n) is 3.51. The number of benzene rings is 2. The molecule has 0 radical (unpaired) electrons. The molecule has 1 heterocycles. The van der Waals surface area contributed by atoms with E-state index in [0.29, 0.717) is 0 Å². The Kier molecular flexibility index (Phi) is 3.06. The third kappa shape index (κ3) is 2.09. The van der Waals surface area contributed by atoms with Crippen molar-refractivity contribution in [2.45, 2.75) is 13.8 Å². The van der Waals surface area contributed by atoms with Crippen molar-refractivity contribution in [3.63, 3.8) is 0 Å². The summed E-state index contributed by atoms with van der Waals surface area (Å²) in [7, 11) is 0. The highest BCUT2D eigenvalue weighted by molar-refractivity contribution is 5.90. The van der Waals surface area contributed by atoms with Crippen molar-refractivity contribution in [3.8, 4) is 0 Å². The lowest BCUT2D eigenvalue weighted by atomic mass is 10.1. The summed E-state index contributed by atoms with van der Waals surface area (Å²) in [5.74, 6) is 0. The summed E-state index contributed by atoms with van der Waals surface area (Å²) in [5, 5.41) is 8.09. The van der Waals surface area contributed by atoms with Gasteiger partial charge in [-0.1, -0.05) is 12.1 Å². The van der Waals surface area contributed by atoms with Crippen molar-refractivity contribution in [3.05, 3.63) is 48.2 Å². The maximum atomic E-state index is 6.21. The van der Waals surface area contributed by atoms with Crippen molar-refractivity contribution in [1.29, 1.82) is 0 Å². The average molecular weight is 266 g/mol. The van der Waals surface area contributed by atoms with E-state index in [4.69, 9.17) is 5.73 Å². The zero-order valence-corrected chi connectivity index (χ0v) is 11.7. The van der Waals surface area contributed by atoms with Gasteiger partial charge in [-0.15, -0.1) is 0 Å². The minimum atomic E-state index is 0.766. The fourth-order valence-electron chi connectivity index (χ4n) is 2.52. The van der Waals surface area contributed by atoms with Gasteiger partial charge in [-0.3, -0.25) is 5.10 Å². The van der Waals surface area contributed by atoms with Crippen LogP contribution in [-0.4, -0.2) is 16.7 Å². The second-order valence-corrected chi connectivity index (χ2v) is 4.95. The molecule has 0 aliphatic heterocycles. The second kappa shape index (κ2) is 4.89. The first-order valence-electron chi connectivity index (χ1n) is 6.76. The van der Waals surface area contributed by atoms with Gasteiger partial charge >= 0.3 is 0 Å². The molecule has 3 N–H and O–H groups in total. The number of nitrogen functional groups attached to an aromatic ring is 1. The largest absolute Gasteiger partial charge is 0.397 e. The quantitative estimate of drug-likeness (QED) is 0.712. The first kappa shape index (κ1) is 12.5. The summed E-state index contributed by atoms with van der Waals surface area (Å²) < 4.78 is 0. The third-order valence-corrected chi connectivity index (χ3v) is 3.51. The van der Waals surface area contributed by atoms with Crippen LogP contribution in [0.5, 0.6) is 0 Å². The first-order chi connectivity index (χ1) is 9.69. The number of aromatic amines is 1. The molecule has 0 aliphatic rings. The molecular formula is C16H18N4. The number of anilines is 3. The Hall–Kier alpha value is -2.49. The number of nitrogens with two attached hydrogens (primary N) is 1. The topological polar surface area (TPSA) is 57.9 Å². The lowest BCUT2D eigenvalue weighted by Crippen LogP contribution is -2.17. The van der Waals surface area contributed by atoms with Crippen LogP contribution in [0.25, 0.3) is 10.9 Å². The Morgan fingerprint density at radius 3 is 2.85 bits per heavy atom. The fourth-order valence-corrected chi connectivity index (χ4v) is 2.52. The SMILES string of the molecule is CCN(c1cccc(C)c1)c1cc2[nH]ncc2cc1N. The molecule has 0 fully saturated rings. The molecule has 102 valence electrons. The number of aryl methyl sites for hydroxylation is 1. The first-order valence-corrected chi connectivity index (χ1v) is 6.76. The molecular weight excluding hydrogens is 248 g/mol. The molecule has 2 aromatic carbocycles. The van der Waals surface area contributed by atoms with Gasteiger partial charge in [-0.25, -0.2) is 0 Å². The van der Waals surface area contributed by atoms with E-state index in [1.54, 1.807) is 6.20 Å². The summed E-state index contributed by atoms with van der Waals surface area (Å²) in [5.41, 5.74) is 11.4. The van der Waals surface area contributed by atoms with E-state index in [9.17, 15) is 0 Å². The highest BCUT2D eigenvalue weighted by Gasteiger charge is 2.12. The summed E-state index contributed by atoms with van der Waals surface area (Å²) in [6.45, 7) is 5.07. The molecule has 3 aromatic rings. The molecule has 1 aromatic heterocycles. The van der Waals surface area contributed by atoms with Crippen LogP contribution in [0.4, 0.5) is 17.1 Å². The van der Waals surface area contributed by atoms with Gasteiger partial charge in [0.05, 0.1) is 23.1 Å². The molecule has 0 saturated carbocycles. The van der Waals surface area contributed by atoms with Crippen molar-refractivity contribution in [2.75, 3.05) is 17.2 Å². The van der Waals surface area contributed by atoms with Crippen LogP contribution in [0.2, 0.25) is 0 Å². The monoisotopic (exact) mass is 266 g/mol. The number of hydrogen-bond acceptors (Lipinski definition) is 3. The molecule has 3 rings (SSSR count). The molecule has 4 heteroatoms. The van der Waals surface area contributed by atoms with Gasteiger partial charge in [-0.2, -0.15) is 5.10 Å². The van der Waals surface area contributed by atoms with E-state index in [-0.39, 0.29) is 0 Å². The summed E-state index contributed by atoms with van der Waals surface area (Å²) in [6.07, 6.45) is 1.79. The smallest absolute Gasteiger partial charge is 0.0672 e. The number of hydrogen-bond donors (Lipinski definition) is 2. The van der Waals surface area contributed by atoms with Crippen molar-refractivity contribution < 1.29 is 0 Å². The van der Waals surface area contributed by atoms with Gasteiger partial charge in [0.25, 0.3) is 0 Å². The Morgan fingerprint density at radius 2 is 2.10 bits per heavy atom. The predicted molar refractivity (Wildman–Crippen MR) is 84.4 cm³/mol. The zero-order valence-electron chi connectivity index (χ0n) is 11.7. The predicted octanol–water partition coefficient (Wildman–Crippen LogP) is 3.61. The normalized spacial score (nSPS) is 10.9. The fraction of sp³-hybridized carbons (Fsp3) is 0.188. The number of fused-ring (bicyclic) bond motifs is 1. The number of aromatic nitrogens is 2. The van der Waals surface area contributed by atoms with Gasteiger partial charge < -0.3 is 10.6 Å². The van der Waals surface area contributed by atoms with E-state index in [0.717, 1.165) is 34.5 Å². The molecule has 20 heavy (non-hydrogen) atoms. The van der Waals surface area contributed by atoms with Crippen LogP contribution in [0.3, 0.4) is 0 Å². The van der Waals surface area contributed by atoms with Gasteiger partial charge in [0.15, 0.2) is 0 Å². The maximum Gasteiger partial charge on any atom is 0.0672 e. The molecule has 0 spiro atoms. The van der Waals surface area contributed by atoms with Gasteiger partial charge in [0.2, 0.25) is 0 Å². The lowest BCUT2D eigenvalue weighted by Gasteiger charge is -2.25. The van der Waals surface area contributed by atoms with Crippen LogP contribution in [-0.2, 0) is 0 Å². The van der Waals surface area contributed by atoms with E-state index in [1.165, 1.54) is 5.56 Å². The van der Waals surface area contributed by atoms with Gasteiger partial charge in [0.1, 0.15) is 0 Å². The standard InChI is InChI=1S/C16H18N4/c1-3-20(13-6-4-5-11(2)7-13)16-9-15-12(8-14(16)17)10-18-19-15/h4-10H,3,17H2,1-2H3,(H,18,19). The van der Waals surface area contributed by atoms with Crippen molar-refractivity contribution in [1.82, 2.24) is 10.2 Å². The van der Waals surface area contributed by atoms with E-state index in [1.807, 2.05) is 6.07 Å². The molecule has 0 saturated heterocycles. The van der Waals surface area contributed by atoms with Gasteiger partial charge in [0, 0.05) is 17.6 Å². The van der Waals surface area contributed by atoms with Crippen LogP contribution in [0.1, 0.15) is 12.5 Å². The molecule has 0 atom stereocenters. The Balaban J connectivity index is 2.13.